The van der Waals surface area contributed by atoms with E-state index in [9.17, 15) is 9.59 Å². The Kier molecular flexibility index (Phi) is 8.54. The number of rotatable bonds is 9. The highest BCUT2D eigenvalue weighted by atomic mass is 16.5. The summed E-state index contributed by atoms with van der Waals surface area (Å²) in [5, 5.41) is 5.74. The molecule has 0 unspecified atom stereocenters. The van der Waals surface area contributed by atoms with Crippen LogP contribution in [0.4, 0.5) is 17.1 Å². The molecule has 188 valence electrons. The molecule has 1 heterocycles. The maximum absolute atomic E-state index is 12.6. The lowest BCUT2D eigenvalue weighted by Gasteiger charge is -2.29. The van der Waals surface area contributed by atoms with Crippen LogP contribution in [0, 0.1) is 0 Å². The van der Waals surface area contributed by atoms with Gasteiger partial charge in [-0.1, -0.05) is 24.3 Å². The Balaban J connectivity index is 1.25. The minimum atomic E-state index is -0.253. The lowest BCUT2D eigenvalue weighted by molar-refractivity contribution is -0.117. The highest BCUT2D eigenvalue weighted by molar-refractivity contribution is 6.05. The number of hydrogen-bond donors (Lipinski definition) is 2. The third-order valence-corrected chi connectivity index (χ3v) is 5.96. The van der Waals surface area contributed by atoms with Crippen LogP contribution >= 0.6 is 0 Å². The molecule has 0 radical (unpaired) electrons. The molecule has 4 rings (SSSR count). The number of hydrogen-bond acceptors (Lipinski definition) is 6. The second kappa shape index (κ2) is 12.2. The SMILES string of the molecule is COc1ccccc1NC(=O)c1ccc(NC(=O)CN(C)Cc2ccc(N3CCOCC3)cc2)cc1. The summed E-state index contributed by atoms with van der Waals surface area (Å²) in [6, 6.07) is 22.5. The van der Waals surface area contributed by atoms with Gasteiger partial charge in [0.15, 0.2) is 0 Å². The molecule has 2 N–H and O–H groups in total. The molecule has 1 aliphatic rings. The van der Waals surface area contributed by atoms with Gasteiger partial charge in [0, 0.05) is 36.6 Å². The van der Waals surface area contributed by atoms with Crippen molar-refractivity contribution >= 4 is 28.9 Å². The molecule has 0 spiro atoms. The molecule has 0 bridgehead atoms. The summed E-state index contributed by atoms with van der Waals surface area (Å²) in [6.07, 6.45) is 0. The molecule has 8 heteroatoms. The molecule has 1 saturated heterocycles. The van der Waals surface area contributed by atoms with Crippen LogP contribution in [0.15, 0.2) is 72.8 Å². The zero-order chi connectivity index (χ0) is 25.3. The average molecular weight is 489 g/mol. The van der Waals surface area contributed by atoms with E-state index in [1.54, 1.807) is 43.5 Å². The quantitative estimate of drug-likeness (QED) is 0.476. The van der Waals surface area contributed by atoms with E-state index in [0.717, 1.165) is 31.9 Å². The highest BCUT2D eigenvalue weighted by Gasteiger charge is 2.13. The van der Waals surface area contributed by atoms with E-state index in [1.165, 1.54) is 5.69 Å². The highest BCUT2D eigenvalue weighted by Crippen LogP contribution is 2.24. The average Bonchev–Trinajstić information content (AvgIpc) is 2.90. The van der Waals surface area contributed by atoms with Crippen molar-refractivity contribution in [3.05, 3.63) is 83.9 Å². The Morgan fingerprint density at radius 2 is 1.64 bits per heavy atom. The molecule has 0 saturated carbocycles. The first-order valence-electron chi connectivity index (χ1n) is 12.0. The molecule has 3 aromatic carbocycles. The lowest BCUT2D eigenvalue weighted by atomic mass is 10.1. The summed E-state index contributed by atoms with van der Waals surface area (Å²) >= 11 is 0. The number of likely N-dealkylation sites (N-methyl/N-ethyl adjacent to an activating group) is 1. The molecule has 8 nitrogen and oxygen atoms in total. The molecule has 3 aromatic rings. The van der Waals surface area contributed by atoms with Crippen molar-refractivity contribution in [1.82, 2.24) is 4.90 Å². The van der Waals surface area contributed by atoms with Crippen LogP contribution in [0.2, 0.25) is 0 Å². The zero-order valence-electron chi connectivity index (χ0n) is 20.7. The first-order chi connectivity index (χ1) is 17.5. The Labute approximate surface area is 211 Å². The van der Waals surface area contributed by atoms with Crippen molar-refractivity contribution in [1.29, 1.82) is 0 Å². The Hall–Kier alpha value is -3.88. The van der Waals surface area contributed by atoms with E-state index in [-0.39, 0.29) is 18.4 Å². The lowest BCUT2D eigenvalue weighted by Crippen LogP contribution is -2.36. The molecule has 0 aromatic heterocycles. The van der Waals surface area contributed by atoms with Gasteiger partial charge in [-0.15, -0.1) is 0 Å². The van der Waals surface area contributed by atoms with E-state index >= 15 is 0 Å². The zero-order valence-corrected chi connectivity index (χ0v) is 20.7. The number of methoxy groups -OCH3 is 1. The fraction of sp³-hybridized carbons (Fsp3) is 0.286. The standard InChI is InChI=1S/C28H32N4O4/c1-31(19-21-7-13-24(14-8-21)32-15-17-36-18-16-32)20-27(33)29-23-11-9-22(10-12-23)28(34)30-25-5-3-4-6-26(25)35-2/h3-14H,15-20H2,1-2H3,(H,29,33)(H,30,34). The van der Waals surface area contributed by atoms with Gasteiger partial charge in [0.25, 0.3) is 5.91 Å². The van der Waals surface area contributed by atoms with Gasteiger partial charge in [-0.3, -0.25) is 14.5 Å². The number of nitrogens with one attached hydrogen (secondary N) is 2. The summed E-state index contributed by atoms with van der Waals surface area (Å²) in [7, 11) is 3.48. The second-order valence-corrected chi connectivity index (χ2v) is 8.72. The van der Waals surface area contributed by atoms with Crippen molar-refractivity contribution < 1.29 is 19.1 Å². The van der Waals surface area contributed by atoms with Crippen LogP contribution in [0.3, 0.4) is 0 Å². The van der Waals surface area contributed by atoms with Crippen molar-refractivity contribution in [2.45, 2.75) is 6.54 Å². The largest absolute Gasteiger partial charge is 0.495 e. The molecule has 0 atom stereocenters. The predicted octanol–water partition coefficient (Wildman–Crippen LogP) is 3.85. The molecular weight excluding hydrogens is 456 g/mol. The monoisotopic (exact) mass is 488 g/mol. The van der Waals surface area contributed by atoms with Crippen LogP contribution in [0.25, 0.3) is 0 Å². The van der Waals surface area contributed by atoms with Gasteiger partial charge in [0.05, 0.1) is 32.6 Å². The van der Waals surface area contributed by atoms with Crippen molar-refractivity contribution in [2.24, 2.45) is 0 Å². The molecule has 1 aliphatic heterocycles. The van der Waals surface area contributed by atoms with Gasteiger partial charge >= 0.3 is 0 Å². The Morgan fingerprint density at radius 1 is 0.944 bits per heavy atom. The van der Waals surface area contributed by atoms with Crippen LogP contribution in [0.1, 0.15) is 15.9 Å². The first-order valence-corrected chi connectivity index (χ1v) is 12.0. The van der Waals surface area contributed by atoms with E-state index in [4.69, 9.17) is 9.47 Å². The van der Waals surface area contributed by atoms with Gasteiger partial charge in [-0.25, -0.2) is 0 Å². The summed E-state index contributed by atoms with van der Waals surface area (Å²) in [6.45, 7) is 4.26. The third-order valence-electron chi connectivity index (χ3n) is 5.96. The van der Waals surface area contributed by atoms with Crippen LogP contribution < -0.4 is 20.3 Å². The number of amides is 2. The molecule has 2 amide bonds. The topological polar surface area (TPSA) is 83.1 Å². The van der Waals surface area contributed by atoms with Gasteiger partial charge in [0.2, 0.25) is 5.91 Å². The number of ether oxygens (including phenoxy) is 2. The fourth-order valence-electron chi connectivity index (χ4n) is 4.09. The van der Waals surface area contributed by atoms with E-state index in [2.05, 4.69) is 39.8 Å². The second-order valence-electron chi connectivity index (χ2n) is 8.72. The van der Waals surface area contributed by atoms with Crippen molar-refractivity contribution in [3.8, 4) is 5.75 Å². The number of para-hydroxylation sites is 2. The van der Waals surface area contributed by atoms with Gasteiger partial charge in [-0.05, 0) is 61.1 Å². The van der Waals surface area contributed by atoms with Gasteiger partial charge in [0.1, 0.15) is 5.75 Å². The third kappa shape index (κ3) is 6.84. The molecule has 1 fully saturated rings. The molecular formula is C28H32N4O4. The summed E-state index contributed by atoms with van der Waals surface area (Å²) < 4.78 is 10.7. The first kappa shape index (κ1) is 25.2. The van der Waals surface area contributed by atoms with E-state index < -0.39 is 0 Å². The normalized spacial score (nSPS) is 13.4. The maximum Gasteiger partial charge on any atom is 0.255 e. The fourth-order valence-corrected chi connectivity index (χ4v) is 4.09. The number of benzene rings is 3. The minimum absolute atomic E-state index is 0.117. The van der Waals surface area contributed by atoms with Crippen molar-refractivity contribution in [3.63, 3.8) is 0 Å². The summed E-state index contributed by atoms with van der Waals surface area (Å²) in [5.41, 5.74) is 4.06. The summed E-state index contributed by atoms with van der Waals surface area (Å²) in [5.74, 6) is 0.220. The Bertz CT molecular complexity index is 1160. The van der Waals surface area contributed by atoms with Crippen LogP contribution in [0.5, 0.6) is 5.75 Å². The number of morpholine rings is 1. The number of carbonyl (C=O) groups is 2. The van der Waals surface area contributed by atoms with Gasteiger partial charge in [-0.2, -0.15) is 0 Å². The smallest absolute Gasteiger partial charge is 0.255 e. The molecule has 0 aliphatic carbocycles. The number of carbonyl (C=O) groups excluding carboxylic acids is 2. The Morgan fingerprint density at radius 3 is 2.33 bits per heavy atom. The summed E-state index contributed by atoms with van der Waals surface area (Å²) in [4.78, 5) is 29.4. The maximum atomic E-state index is 12.6. The van der Waals surface area contributed by atoms with E-state index in [0.29, 0.717) is 29.2 Å². The number of nitrogens with zero attached hydrogens (tertiary/aromatic N) is 2. The predicted molar refractivity (Wildman–Crippen MR) is 142 cm³/mol. The minimum Gasteiger partial charge on any atom is -0.495 e. The van der Waals surface area contributed by atoms with E-state index in [1.807, 2.05) is 24.1 Å². The van der Waals surface area contributed by atoms with Crippen molar-refractivity contribution in [2.75, 3.05) is 62.5 Å². The van der Waals surface area contributed by atoms with Crippen LogP contribution in [-0.2, 0) is 16.1 Å². The number of anilines is 3. The molecule has 36 heavy (non-hydrogen) atoms. The van der Waals surface area contributed by atoms with Gasteiger partial charge < -0.3 is 25.0 Å². The van der Waals surface area contributed by atoms with Crippen LogP contribution in [-0.4, -0.2) is 63.7 Å².